The summed E-state index contributed by atoms with van der Waals surface area (Å²) in [5, 5.41) is 8.90. The molecule has 0 radical (unpaired) electrons. The minimum atomic E-state index is -1.10. The van der Waals surface area contributed by atoms with Crippen molar-refractivity contribution in [3.05, 3.63) is 30.1 Å². The maximum absolute atomic E-state index is 13.8. The van der Waals surface area contributed by atoms with Crippen molar-refractivity contribution in [1.82, 2.24) is 4.90 Å². The van der Waals surface area contributed by atoms with Crippen LogP contribution in [0.4, 0.5) is 10.1 Å². The van der Waals surface area contributed by atoms with Crippen molar-refractivity contribution < 1.29 is 23.9 Å². The van der Waals surface area contributed by atoms with Crippen molar-refractivity contribution in [3.8, 4) is 0 Å². The summed E-state index contributed by atoms with van der Waals surface area (Å²) in [6, 6.07) is 5.89. The third kappa shape index (κ3) is 3.85. The highest BCUT2D eigenvalue weighted by Crippen LogP contribution is 2.28. The number of rotatable bonds is 6. The van der Waals surface area contributed by atoms with Crippen LogP contribution in [0.3, 0.4) is 0 Å². The summed E-state index contributed by atoms with van der Waals surface area (Å²) in [5.41, 5.74) is 0.146. The number of aliphatic carboxylic acids is 1. The van der Waals surface area contributed by atoms with Crippen LogP contribution >= 0.6 is 0 Å². The zero-order valence-corrected chi connectivity index (χ0v) is 12.9. The van der Waals surface area contributed by atoms with E-state index in [9.17, 15) is 18.8 Å². The largest absolute Gasteiger partial charge is 0.480 e. The molecule has 1 unspecified atom stereocenters. The number of benzene rings is 1. The fourth-order valence-corrected chi connectivity index (χ4v) is 2.74. The molecule has 0 bridgehead atoms. The van der Waals surface area contributed by atoms with E-state index in [-0.39, 0.29) is 30.5 Å². The standard InChI is InChI=1S/C16H19FN2O4/c1-2-7-18(10-15(21)22)16(23)11-8-14(20)19(9-11)13-6-4-3-5-12(13)17/h3-6,11H,2,7-10H2,1H3,(H,21,22). The molecule has 23 heavy (non-hydrogen) atoms. The zero-order chi connectivity index (χ0) is 17.0. The number of carbonyl (C=O) groups excluding carboxylic acids is 2. The first-order chi connectivity index (χ1) is 10.9. The van der Waals surface area contributed by atoms with Crippen molar-refractivity contribution in [1.29, 1.82) is 0 Å². The minimum Gasteiger partial charge on any atom is -0.480 e. The molecule has 1 aliphatic rings. The number of carboxylic acid groups (broad SMARTS) is 1. The fourth-order valence-electron chi connectivity index (χ4n) is 2.74. The number of carbonyl (C=O) groups is 3. The Bertz CT molecular complexity index is 620. The third-order valence-corrected chi connectivity index (χ3v) is 3.75. The molecule has 0 saturated carbocycles. The van der Waals surface area contributed by atoms with Gasteiger partial charge in [0.15, 0.2) is 0 Å². The Morgan fingerprint density at radius 2 is 2.09 bits per heavy atom. The highest BCUT2D eigenvalue weighted by Gasteiger charge is 2.38. The molecule has 1 heterocycles. The number of hydrogen-bond acceptors (Lipinski definition) is 3. The summed E-state index contributed by atoms with van der Waals surface area (Å²) in [7, 11) is 0. The monoisotopic (exact) mass is 322 g/mol. The molecule has 1 aromatic rings. The molecular weight excluding hydrogens is 303 g/mol. The van der Waals surface area contributed by atoms with E-state index >= 15 is 0 Å². The molecular formula is C16H19FN2O4. The SMILES string of the molecule is CCCN(CC(=O)O)C(=O)C1CC(=O)N(c2ccccc2F)C1. The fraction of sp³-hybridized carbons (Fsp3) is 0.438. The van der Waals surface area contributed by atoms with E-state index < -0.39 is 24.2 Å². The van der Waals surface area contributed by atoms with E-state index in [2.05, 4.69) is 0 Å². The maximum Gasteiger partial charge on any atom is 0.323 e. The summed E-state index contributed by atoms with van der Waals surface area (Å²) < 4.78 is 13.8. The molecule has 1 atom stereocenters. The second kappa shape index (κ2) is 7.21. The molecule has 0 aliphatic carbocycles. The Labute approximate surface area is 133 Å². The number of halogens is 1. The molecule has 0 spiro atoms. The summed E-state index contributed by atoms with van der Waals surface area (Å²) in [6.07, 6.45) is 0.587. The molecule has 1 fully saturated rings. The highest BCUT2D eigenvalue weighted by atomic mass is 19.1. The quantitative estimate of drug-likeness (QED) is 0.861. The van der Waals surface area contributed by atoms with Crippen LogP contribution in [-0.2, 0) is 14.4 Å². The lowest BCUT2D eigenvalue weighted by atomic mass is 10.1. The van der Waals surface area contributed by atoms with Gasteiger partial charge in [-0.25, -0.2) is 4.39 Å². The van der Waals surface area contributed by atoms with E-state index in [1.807, 2.05) is 6.92 Å². The predicted molar refractivity (Wildman–Crippen MR) is 81.4 cm³/mol. The molecule has 1 saturated heterocycles. The van der Waals surface area contributed by atoms with Crippen LogP contribution in [-0.4, -0.2) is 47.4 Å². The lowest BCUT2D eigenvalue weighted by Gasteiger charge is -2.23. The second-order valence-electron chi connectivity index (χ2n) is 5.51. The summed E-state index contributed by atoms with van der Waals surface area (Å²) in [4.78, 5) is 38.0. The topological polar surface area (TPSA) is 77.9 Å². The smallest absolute Gasteiger partial charge is 0.323 e. The van der Waals surface area contributed by atoms with Crippen LogP contribution in [0.2, 0.25) is 0 Å². The molecule has 0 aromatic heterocycles. The molecule has 7 heteroatoms. The summed E-state index contributed by atoms with van der Waals surface area (Å²) >= 11 is 0. The predicted octanol–water partition coefficient (Wildman–Crippen LogP) is 1.50. The summed E-state index contributed by atoms with van der Waals surface area (Å²) in [6.45, 7) is 1.83. The summed E-state index contributed by atoms with van der Waals surface area (Å²) in [5.74, 6) is -2.97. The Kier molecular flexibility index (Phi) is 5.31. The average molecular weight is 322 g/mol. The molecule has 1 aliphatic heterocycles. The van der Waals surface area contributed by atoms with Gasteiger partial charge in [-0.15, -0.1) is 0 Å². The van der Waals surface area contributed by atoms with Crippen molar-refractivity contribution >= 4 is 23.5 Å². The van der Waals surface area contributed by atoms with Crippen LogP contribution in [0, 0.1) is 11.7 Å². The number of anilines is 1. The van der Waals surface area contributed by atoms with Crippen molar-refractivity contribution in [2.75, 3.05) is 24.5 Å². The molecule has 2 amide bonds. The van der Waals surface area contributed by atoms with Gasteiger partial charge in [-0.2, -0.15) is 0 Å². The van der Waals surface area contributed by atoms with Crippen LogP contribution in [0.15, 0.2) is 24.3 Å². The van der Waals surface area contributed by atoms with Gasteiger partial charge in [-0.3, -0.25) is 14.4 Å². The van der Waals surface area contributed by atoms with Gasteiger partial charge >= 0.3 is 5.97 Å². The van der Waals surface area contributed by atoms with E-state index in [0.717, 1.165) is 0 Å². The Morgan fingerprint density at radius 3 is 2.70 bits per heavy atom. The van der Waals surface area contributed by atoms with E-state index in [0.29, 0.717) is 13.0 Å². The van der Waals surface area contributed by atoms with Crippen molar-refractivity contribution in [3.63, 3.8) is 0 Å². The first-order valence-corrected chi connectivity index (χ1v) is 7.49. The van der Waals surface area contributed by atoms with Gasteiger partial charge in [0, 0.05) is 19.5 Å². The number of nitrogens with zero attached hydrogens (tertiary/aromatic N) is 2. The lowest BCUT2D eigenvalue weighted by molar-refractivity contribution is -0.146. The number of hydrogen-bond donors (Lipinski definition) is 1. The second-order valence-corrected chi connectivity index (χ2v) is 5.51. The molecule has 124 valence electrons. The van der Waals surface area contributed by atoms with Gasteiger partial charge in [0.1, 0.15) is 12.4 Å². The van der Waals surface area contributed by atoms with E-state index in [1.54, 1.807) is 6.07 Å². The molecule has 6 nitrogen and oxygen atoms in total. The van der Waals surface area contributed by atoms with Gasteiger partial charge in [0.25, 0.3) is 0 Å². The molecule has 2 rings (SSSR count). The van der Waals surface area contributed by atoms with Crippen LogP contribution < -0.4 is 4.90 Å². The van der Waals surface area contributed by atoms with Crippen LogP contribution in [0.1, 0.15) is 19.8 Å². The first kappa shape index (κ1) is 16.9. The van der Waals surface area contributed by atoms with Crippen LogP contribution in [0.25, 0.3) is 0 Å². The number of amides is 2. The Balaban J connectivity index is 2.13. The average Bonchev–Trinajstić information content (AvgIpc) is 2.88. The molecule has 1 aromatic carbocycles. The van der Waals surface area contributed by atoms with Gasteiger partial charge in [0.05, 0.1) is 11.6 Å². The Morgan fingerprint density at radius 1 is 1.39 bits per heavy atom. The number of carboxylic acids is 1. The van der Waals surface area contributed by atoms with Crippen molar-refractivity contribution in [2.45, 2.75) is 19.8 Å². The van der Waals surface area contributed by atoms with Crippen molar-refractivity contribution in [2.24, 2.45) is 5.92 Å². The van der Waals surface area contributed by atoms with Gasteiger partial charge < -0.3 is 14.9 Å². The number of para-hydroxylation sites is 1. The van der Waals surface area contributed by atoms with E-state index in [1.165, 1.54) is 28.0 Å². The third-order valence-electron chi connectivity index (χ3n) is 3.75. The van der Waals surface area contributed by atoms with Crippen LogP contribution in [0.5, 0.6) is 0 Å². The van der Waals surface area contributed by atoms with E-state index in [4.69, 9.17) is 5.11 Å². The zero-order valence-electron chi connectivity index (χ0n) is 12.9. The first-order valence-electron chi connectivity index (χ1n) is 7.49. The lowest BCUT2D eigenvalue weighted by Crippen LogP contribution is -2.41. The maximum atomic E-state index is 13.8. The Hall–Kier alpha value is -2.44. The van der Waals surface area contributed by atoms with Gasteiger partial charge in [-0.05, 0) is 18.6 Å². The molecule has 1 N–H and O–H groups in total. The minimum absolute atomic E-state index is 0.0347. The highest BCUT2D eigenvalue weighted by molar-refractivity contribution is 6.00. The van der Waals surface area contributed by atoms with Gasteiger partial charge in [0.2, 0.25) is 11.8 Å². The normalized spacial score (nSPS) is 17.4. The van der Waals surface area contributed by atoms with Gasteiger partial charge in [-0.1, -0.05) is 19.1 Å².